The third-order valence-corrected chi connectivity index (χ3v) is 2.14. The molecule has 5 heteroatoms. The highest BCUT2D eigenvalue weighted by Crippen LogP contribution is 2.31. The largest absolute Gasteiger partial charge is 0.486 e. The Morgan fingerprint density at radius 2 is 2.07 bits per heavy atom. The Bertz CT molecular complexity index is 376. The van der Waals surface area contributed by atoms with Crippen LogP contribution in [0.1, 0.15) is 0 Å². The number of aliphatic hydroxyl groups is 1. The molecule has 2 atom stereocenters. The summed E-state index contributed by atoms with van der Waals surface area (Å²) < 4.78 is 10.6. The number of aliphatic carboxylic acids is 1. The molecule has 0 radical (unpaired) electrons. The number of para-hydroxylation sites is 2. The quantitative estimate of drug-likeness (QED) is 0.732. The zero-order chi connectivity index (χ0) is 10.8. The van der Waals surface area contributed by atoms with E-state index in [-0.39, 0.29) is 6.61 Å². The first-order chi connectivity index (χ1) is 7.18. The van der Waals surface area contributed by atoms with Crippen LogP contribution in [0.15, 0.2) is 24.3 Å². The minimum Gasteiger partial charge on any atom is -0.486 e. The maximum Gasteiger partial charge on any atom is 0.336 e. The standard InChI is InChI=1S/C10H10O5/c11-9(10(12)13)8-5-14-6-3-1-2-4-7(6)15-8/h1-4,8-9,11H,5H2,(H,12,13). The van der Waals surface area contributed by atoms with Crippen LogP contribution >= 0.6 is 0 Å². The molecule has 15 heavy (non-hydrogen) atoms. The van der Waals surface area contributed by atoms with E-state index in [1.54, 1.807) is 24.3 Å². The monoisotopic (exact) mass is 210 g/mol. The summed E-state index contributed by atoms with van der Waals surface area (Å²) in [6.45, 7) is 0.0322. The van der Waals surface area contributed by atoms with Crippen molar-refractivity contribution in [2.75, 3.05) is 6.61 Å². The van der Waals surface area contributed by atoms with Gasteiger partial charge in [0.15, 0.2) is 23.7 Å². The van der Waals surface area contributed by atoms with Gasteiger partial charge in [0.2, 0.25) is 0 Å². The van der Waals surface area contributed by atoms with Crippen molar-refractivity contribution in [1.29, 1.82) is 0 Å². The summed E-state index contributed by atoms with van der Waals surface area (Å²) >= 11 is 0. The number of aliphatic hydroxyl groups excluding tert-OH is 1. The highest BCUT2D eigenvalue weighted by atomic mass is 16.6. The fraction of sp³-hybridized carbons (Fsp3) is 0.300. The minimum atomic E-state index is -1.57. The molecule has 0 saturated carbocycles. The summed E-state index contributed by atoms with van der Waals surface area (Å²) in [5.41, 5.74) is 0. The molecule has 80 valence electrons. The smallest absolute Gasteiger partial charge is 0.336 e. The van der Waals surface area contributed by atoms with Crippen molar-refractivity contribution in [2.45, 2.75) is 12.2 Å². The molecule has 1 heterocycles. The summed E-state index contributed by atoms with van der Waals surface area (Å²) in [6.07, 6.45) is -2.43. The Labute approximate surface area is 85.9 Å². The van der Waals surface area contributed by atoms with E-state index < -0.39 is 18.2 Å². The number of rotatable bonds is 2. The summed E-state index contributed by atoms with van der Waals surface area (Å²) in [7, 11) is 0. The summed E-state index contributed by atoms with van der Waals surface area (Å²) in [6, 6.07) is 6.92. The maximum absolute atomic E-state index is 10.5. The van der Waals surface area contributed by atoms with E-state index in [1.807, 2.05) is 0 Å². The second-order valence-electron chi connectivity index (χ2n) is 3.20. The topological polar surface area (TPSA) is 76.0 Å². The first-order valence-corrected chi connectivity index (χ1v) is 4.48. The number of hydrogen-bond donors (Lipinski definition) is 2. The lowest BCUT2D eigenvalue weighted by Gasteiger charge is -2.27. The average molecular weight is 210 g/mol. The van der Waals surface area contributed by atoms with Gasteiger partial charge in [0.25, 0.3) is 0 Å². The van der Waals surface area contributed by atoms with Gasteiger partial charge >= 0.3 is 5.97 Å². The predicted molar refractivity (Wildman–Crippen MR) is 50.0 cm³/mol. The van der Waals surface area contributed by atoms with Crippen molar-refractivity contribution >= 4 is 5.97 Å². The molecule has 0 saturated heterocycles. The molecule has 2 N–H and O–H groups in total. The minimum absolute atomic E-state index is 0.0322. The SMILES string of the molecule is O=C(O)C(O)C1COc2ccccc2O1. The van der Waals surface area contributed by atoms with Crippen LogP contribution in [0.5, 0.6) is 11.5 Å². The summed E-state index contributed by atoms with van der Waals surface area (Å²) in [5, 5.41) is 17.9. The van der Waals surface area contributed by atoms with Gasteiger partial charge in [-0.3, -0.25) is 0 Å². The van der Waals surface area contributed by atoms with Gasteiger partial charge < -0.3 is 19.7 Å². The fourth-order valence-corrected chi connectivity index (χ4v) is 1.35. The van der Waals surface area contributed by atoms with Crippen molar-refractivity contribution < 1.29 is 24.5 Å². The van der Waals surface area contributed by atoms with E-state index in [0.29, 0.717) is 11.5 Å². The number of carboxylic acids is 1. The highest BCUT2D eigenvalue weighted by molar-refractivity contribution is 5.73. The van der Waals surface area contributed by atoms with Gasteiger partial charge in [-0.25, -0.2) is 4.79 Å². The molecular formula is C10H10O5. The van der Waals surface area contributed by atoms with Crippen LogP contribution in [0.25, 0.3) is 0 Å². The summed E-state index contributed by atoms with van der Waals surface area (Å²) in [5.74, 6) is -0.302. The zero-order valence-electron chi connectivity index (χ0n) is 7.79. The van der Waals surface area contributed by atoms with Crippen LogP contribution in [0.3, 0.4) is 0 Å². The Morgan fingerprint density at radius 3 is 2.73 bits per heavy atom. The van der Waals surface area contributed by atoms with Gasteiger partial charge in [-0.05, 0) is 12.1 Å². The molecule has 0 amide bonds. The lowest BCUT2D eigenvalue weighted by atomic mass is 10.2. The molecule has 2 rings (SSSR count). The average Bonchev–Trinajstić information content (AvgIpc) is 2.27. The molecule has 2 unspecified atom stereocenters. The lowest BCUT2D eigenvalue weighted by Crippen LogP contribution is -2.44. The number of hydrogen-bond acceptors (Lipinski definition) is 4. The Balaban J connectivity index is 2.15. The van der Waals surface area contributed by atoms with Crippen molar-refractivity contribution in [3.05, 3.63) is 24.3 Å². The Morgan fingerprint density at radius 1 is 1.40 bits per heavy atom. The van der Waals surface area contributed by atoms with Gasteiger partial charge in [0.1, 0.15) is 6.61 Å². The second kappa shape index (κ2) is 3.78. The molecule has 0 fully saturated rings. The third kappa shape index (κ3) is 1.87. The third-order valence-electron chi connectivity index (χ3n) is 2.14. The molecule has 0 spiro atoms. The molecule has 1 aromatic carbocycles. The molecule has 0 aromatic heterocycles. The number of fused-ring (bicyclic) bond motifs is 1. The van der Waals surface area contributed by atoms with Crippen molar-refractivity contribution in [1.82, 2.24) is 0 Å². The van der Waals surface area contributed by atoms with E-state index >= 15 is 0 Å². The van der Waals surface area contributed by atoms with Gasteiger partial charge in [0, 0.05) is 0 Å². The Hall–Kier alpha value is -1.75. The van der Waals surface area contributed by atoms with Crippen molar-refractivity contribution in [3.63, 3.8) is 0 Å². The van der Waals surface area contributed by atoms with Crippen LogP contribution < -0.4 is 9.47 Å². The Kier molecular flexibility index (Phi) is 2.47. The first-order valence-electron chi connectivity index (χ1n) is 4.48. The van der Waals surface area contributed by atoms with Gasteiger partial charge in [-0.2, -0.15) is 0 Å². The molecular weight excluding hydrogens is 200 g/mol. The van der Waals surface area contributed by atoms with E-state index in [2.05, 4.69) is 0 Å². The fourth-order valence-electron chi connectivity index (χ4n) is 1.35. The molecule has 5 nitrogen and oxygen atoms in total. The molecule has 1 aliphatic rings. The molecule has 0 bridgehead atoms. The molecule has 1 aromatic rings. The van der Waals surface area contributed by atoms with Crippen LogP contribution in [0.4, 0.5) is 0 Å². The van der Waals surface area contributed by atoms with Crippen LogP contribution in [-0.2, 0) is 4.79 Å². The predicted octanol–water partition coefficient (Wildman–Crippen LogP) is 0.272. The molecule has 0 aliphatic carbocycles. The number of benzene rings is 1. The van der Waals surface area contributed by atoms with Gasteiger partial charge in [-0.15, -0.1) is 0 Å². The first kappa shape index (κ1) is 9.79. The second-order valence-corrected chi connectivity index (χ2v) is 3.20. The number of ether oxygens (including phenoxy) is 2. The highest BCUT2D eigenvalue weighted by Gasteiger charge is 2.32. The van der Waals surface area contributed by atoms with Crippen LogP contribution in [-0.4, -0.2) is 35.0 Å². The lowest BCUT2D eigenvalue weighted by molar-refractivity contribution is -0.153. The zero-order valence-corrected chi connectivity index (χ0v) is 7.79. The van der Waals surface area contributed by atoms with E-state index in [9.17, 15) is 9.90 Å². The summed E-state index contributed by atoms with van der Waals surface area (Å²) in [4.78, 5) is 10.5. The normalized spacial score (nSPS) is 20.7. The van der Waals surface area contributed by atoms with E-state index in [4.69, 9.17) is 14.6 Å². The van der Waals surface area contributed by atoms with Crippen molar-refractivity contribution in [2.24, 2.45) is 0 Å². The van der Waals surface area contributed by atoms with Gasteiger partial charge in [-0.1, -0.05) is 12.1 Å². The maximum atomic E-state index is 10.5. The van der Waals surface area contributed by atoms with Gasteiger partial charge in [0.05, 0.1) is 0 Å². The van der Waals surface area contributed by atoms with E-state index in [1.165, 1.54) is 0 Å². The number of carbonyl (C=O) groups is 1. The van der Waals surface area contributed by atoms with Crippen LogP contribution in [0, 0.1) is 0 Å². The van der Waals surface area contributed by atoms with Crippen LogP contribution in [0.2, 0.25) is 0 Å². The molecule has 1 aliphatic heterocycles. The number of carboxylic acid groups (broad SMARTS) is 1. The van der Waals surface area contributed by atoms with Crippen molar-refractivity contribution in [3.8, 4) is 11.5 Å². The van der Waals surface area contributed by atoms with E-state index in [0.717, 1.165) is 0 Å².